The molecule has 3 unspecified atom stereocenters. The number of rotatable bonds is 5. The van der Waals surface area contributed by atoms with E-state index in [0.717, 1.165) is 57.8 Å². The zero-order valence-corrected chi connectivity index (χ0v) is 17.3. The quantitative estimate of drug-likeness (QED) is 0.603. The largest absolute Gasteiger partial charge is 0.368 e. The number of likely N-dealkylation sites (tertiary alicyclic amines) is 1. The maximum absolute atomic E-state index is 13.3. The number of hydrogen-bond acceptors (Lipinski definition) is 3. The van der Waals surface area contributed by atoms with Gasteiger partial charge in [-0.3, -0.25) is 9.59 Å². The zero-order chi connectivity index (χ0) is 20.1. The first-order valence-electron chi connectivity index (χ1n) is 10.8. The number of nitrogens with two attached hydrogens (primary N) is 1. The summed E-state index contributed by atoms with van der Waals surface area (Å²) in [6, 6.07) is -1.43. The van der Waals surface area contributed by atoms with E-state index in [1.807, 2.05) is 0 Å². The average molecular weight is 413 g/mol. The fourth-order valence-corrected chi connectivity index (χ4v) is 5.26. The molecule has 0 bridgehead atoms. The molecule has 0 aromatic rings. The van der Waals surface area contributed by atoms with E-state index in [-0.39, 0.29) is 29.3 Å². The van der Waals surface area contributed by atoms with Gasteiger partial charge in [0.05, 0.1) is 5.38 Å². The van der Waals surface area contributed by atoms with Gasteiger partial charge in [0.15, 0.2) is 0 Å². The molecule has 4 amide bonds. The summed E-state index contributed by atoms with van der Waals surface area (Å²) in [5, 5.41) is 5.70. The highest BCUT2D eigenvalue weighted by Gasteiger charge is 2.42. The second kappa shape index (κ2) is 9.81. The lowest BCUT2D eigenvalue weighted by atomic mass is 9.83. The Labute approximate surface area is 172 Å². The van der Waals surface area contributed by atoms with E-state index >= 15 is 0 Å². The molecule has 0 aromatic heterocycles. The first-order chi connectivity index (χ1) is 13.5. The van der Waals surface area contributed by atoms with Gasteiger partial charge in [-0.1, -0.05) is 38.5 Å². The van der Waals surface area contributed by atoms with Crippen LogP contribution in [0.2, 0.25) is 0 Å². The van der Waals surface area contributed by atoms with Gasteiger partial charge in [0, 0.05) is 12.6 Å². The lowest BCUT2D eigenvalue weighted by Crippen LogP contribution is -2.58. The van der Waals surface area contributed by atoms with Crippen molar-refractivity contribution in [1.82, 2.24) is 15.5 Å². The molecule has 28 heavy (non-hydrogen) atoms. The van der Waals surface area contributed by atoms with Crippen molar-refractivity contribution in [3.8, 4) is 0 Å². The van der Waals surface area contributed by atoms with Crippen LogP contribution < -0.4 is 16.4 Å². The second-order valence-corrected chi connectivity index (χ2v) is 9.19. The minimum atomic E-state index is -0.690. The van der Waals surface area contributed by atoms with E-state index in [1.165, 1.54) is 11.3 Å². The molecule has 8 heteroatoms. The van der Waals surface area contributed by atoms with E-state index in [9.17, 15) is 14.4 Å². The second-order valence-electron chi connectivity index (χ2n) is 8.57. The van der Waals surface area contributed by atoms with Gasteiger partial charge in [-0.05, 0) is 38.0 Å². The molecule has 3 aliphatic rings. The number of urea groups is 1. The fraction of sp³-hybridized carbons (Fsp3) is 0.850. The Hall–Kier alpha value is -1.50. The molecule has 3 rings (SSSR count). The Bertz CT molecular complexity index is 576. The van der Waals surface area contributed by atoms with Gasteiger partial charge in [-0.15, -0.1) is 11.6 Å². The summed E-state index contributed by atoms with van der Waals surface area (Å²) in [5.41, 5.74) is 5.50. The van der Waals surface area contributed by atoms with Crippen LogP contribution in [0.5, 0.6) is 0 Å². The van der Waals surface area contributed by atoms with Gasteiger partial charge >= 0.3 is 6.03 Å². The minimum absolute atomic E-state index is 0.0845. The monoisotopic (exact) mass is 412 g/mol. The predicted molar refractivity (Wildman–Crippen MR) is 108 cm³/mol. The summed E-state index contributed by atoms with van der Waals surface area (Å²) in [6.45, 7) is 0.295. The highest BCUT2D eigenvalue weighted by Crippen LogP contribution is 2.30. The molecule has 2 saturated carbocycles. The molecule has 3 atom stereocenters. The maximum atomic E-state index is 13.3. The summed E-state index contributed by atoms with van der Waals surface area (Å²) in [6.07, 6.45) is 10.9. The number of carbonyl (C=O) groups excluding carboxylic acids is 3. The van der Waals surface area contributed by atoms with E-state index in [4.69, 9.17) is 17.3 Å². The number of halogens is 1. The number of nitrogens with one attached hydrogen (secondary N) is 2. The van der Waals surface area contributed by atoms with Crippen LogP contribution in [-0.2, 0) is 9.59 Å². The third kappa shape index (κ3) is 5.31. The molecule has 3 fully saturated rings. The van der Waals surface area contributed by atoms with Crippen LogP contribution in [0.25, 0.3) is 0 Å². The Morgan fingerprint density at radius 3 is 2.18 bits per heavy atom. The lowest BCUT2D eigenvalue weighted by Gasteiger charge is -2.34. The summed E-state index contributed by atoms with van der Waals surface area (Å²) in [5.74, 6) is -0.676. The smallest absolute Gasteiger partial charge is 0.315 e. The molecular formula is C20H33ClN4O3. The van der Waals surface area contributed by atoms with Crippen LogP contribution in [0.3, 0.4) is 0 Å². The number of primary amides is 1. The Morgan fingerprint density at radius 2 is 1.57 bits per heavy atom. The fourth-order valence-electron chi connectivity index (χ4n) is 4.94. The van der Waals surface area contributed by atoms with Crippen LogP contribution in [0.1, 0.15) is 70.6 Å². The standard InChI is InChI=1S/C20H33ClN4O3/c21-14-11-16(18(22)26)25(12-14)19(27)17(13-7-3-1-4-8-13)24-20(28)23-15-9-5-2-6-10-15/h13-17H,1-12H2,(H2,22,26)(H2,23,24,28). The van der Waals surface area contributed by atoms with Crippen molar-refractivity contribution >= 4 is 29.4 Å². The van der Waals surface area contributed by atoms with Crippen LogP contribution in [-0.4, -0.2) is 52.8 Å². The molecule has 0 radical (unpaired) electrons. The predicted octanol–water partition coefficient (Wildman–Crippen LogP) is 2.26. The van der Waals surface area contributed by atoms with Crippen molar-refractivity contribution in [2.24, 2.45) is 11.7 Å². The third-order valence-corrected chi connectivity index (χ3v) is 6.79. The van der Waals surface area contributed by atoms with Crippen LogP contribution >= 0.6 is 11.6 Å². The molecule has 1 heterocycles. The van der Waals surface area contributed by atoms with Crippen molar-refractivity contribution in [3.63, 3.8) is 0 Å². The lowest BCUT2D eigenvalue weighted by molar-refractivity contribution is -0.140. The summed E-state index contributed by atoms with van der Waals surface area (Å²) >= 11 is 6.21. The van der Waals surface area contributed by atoms with E-state index in [0.29, 0.717) is 13.0 Å². The van der Waals surface area contributed by atoms with Gasteiger partial charge in [0.2, 0.25) is 11.8 Å². The zero-order valence-electron chi connectivity index (χ0n) is 16.5. The minimum Gasteiger partial charge on any atom is -0.368 e. The maximum Gasteiger partial charge on any atom is 0.315 e. The van der Waals surface area contributed by atoms with Crippen molar-refractivity contribution in [3.05, 3.63) is 0 Å². The highest BCUT2D eigenvalue weighted by atomic mass is 35.5. The molecule has 1 saturated heterocycles. The Balaban J connectivity index is 1.69. The first-order valence-corrected chi connectivity index (χ1v) is 11.2. The number of nitrogens with zero attached hydrogens (tertiary/aromatic N) is 1. The molecule has 4 N–H and O–H groups in total. The normalized spacial score (nSPS) is 28.0. The molecule has 0 spiro atoms. The third-order valence-electron chi connectivity index (χ3n) is 6.48. The molecule has 1 aliphatic heterocycles. The number of alkyl halides is 1. The molecule has 2 aliphatic carbocycles. The summed E-state index contributed by atoms with van der Waals surface area (Å²) in [4.78, 5) is 39.3. The van der Waals surface area contributed by atoms with Crippen molar-refractivity contribution in [2.75, 3.05) is 6.54 Å². The van der Waals surface area contributed by atoms with Crippen LogP contribution in [0.4, 0.5) is 4.79 Å². The molecule has 0 aromatic carbocycles. The SMILES string of the molecule is NC(=O)C1CC(Cl)CN1C(=O)C(NC(=O)NC1CCCCC1)C1CCCCC1. The Morgan fingerprint density at radius 1 is 0.964 bits per heavy atom. The first kappa shape index (κ1) is 21.2. The topological polar surface area (TPSA) is 105 Å². The summed E-state index contributed by atoms with van der Waals surface area (Å²) < 4.78 is 0. The van der Waals surface area contributed by atoms with Gasteiger partial charge in [-0.25, -0.2) is 4.79 Å². The van der Waals surface area contributed by atoms with Gasteiger partial charge in [0.25, 0.3) is 0 Å². The number of amides is 4. The van der Waals surface area contributed by atoms with E-state index in [1.54, 1.807) is 0 Å². The van der Waals surface area contributed by atoms with Crippen LogP contribution in [0.15, 0.2) is 0 Å². The van der Waals surface area contributed by atoms with E-state index in [2.05, 4.69) is 10.6 Å². The van der Waals surface area contributed by atoms with Gasteiger partial charge in [-0.2, -0.15) is 0 Å². The molecular weight excluding hydrogens is 380 g/mol. The number of carbonyl (C=O) groups is 3. The average Bonchev–Trinajstić information content (AvgIpc) is 3.09. The number of hydrogen-bond donors (Lipinski definition) is 3. The molecule has 158 valence electrons. The van der Waals surface area contributed by atoms with Crippen LogP contribution in [0, 0.1) is 5.92 Å². The summed E-state index contributed by atoms with van der Waals surface area (Å²) in [7, 11) is 0. The molecule has 7 nitrogen and oxygen atoms in total. The Kier molecular flexibility index (Phi) is 7.43. The van der Waals surface area contributed by atoms with Gasteiger partial charge < -0.3 is 21.3 Å². The van der Waals surface area contributed by atoms with Gasteiger partial charge in [0.1, 0.15) is 12.1 Å². The van der Waals surface area contributed by atoms with E-state index < -0.39 is 18.0 Å². The highest BCUT2D eigenvalue weighted by molar-refractivity contribution is 6.21. The van der Waals surface area contributed by atoms with Crippen molar-refractivity contribution in [2.45, 2.75) is 94.1 Å². The van der Waals surface area contributed by atoms with Crippen molar-refractivity contribution < 1.29 is 14.4 Å². The van der Waals surface area contributed by atoms with Crippen molar-refractivity contribution in [1.29, 1.82) is 0 Å².